The van der Waals surface area contributed by atoms with Crippen LogP contribution < -0.4 is 15.5 Å². The zero-order valence-corrected chi connectivity index (χ0v) is 13.0. The molecule has 1 heterocycles. The highest BCUT2D eigenvalue weighted by Gasteiger charge is 2.17. The van der Waals surface area contributed by atoms with Crippen LogP contribution in [0.3, 0.4) is 0 Å². The van der Waals surface area contributed by atoms with E-state index in [9.17, 15) is 14.0 Å². The molecule has 1 amide bonds. The maximum absolute atomic E-state index is 13.4. The van der Waals surface area contributed by atoms with Crippen molar-refractivity contribution in [3.63, 3.8) is 0 Å². The summed E-state index contributed by atoms with van der Waals surface area (Å²) in [4.78, 5) is 24.9. The first kappa shape index (κ1) is 15.7. The molecule has 1 aromatic heterocycles. The summed E-state index contributed by atoms with van der Waals surface area (Å²) in [5.41, 5.74) is -0.0247. The van der Waals surface area contributed by atoms with E-state index in [2.05, 4.69) is 10.4 Å². The van der Waals surface area contributed by atoms with Crippen LogP contribution in [-0.4, -0.2) is 22.8 Å². The first-order chi connectivity index (χ1) is 11.5. The number of anilines is 1. The molecule has 0 aliphatic rings. The van der Waals surface area contributed by atoms with Crippen LogP contribution in [0.4, 0.5) is 10.1 Å². The molecule has 3 rings (SSSR count). The molecule has 122 valence electrons. The van der Waals surface area contributed by atoms with Crippen LogP contribution >= 0.6 is 0 Å². The summed E-state index contributed by atoms with van der Waals surface area (Å²) in [7, 11) is 3.10. The van der Waals surface area contributed by atoms with Crippen LogP contribution in [0, 0.1) is 5.82 Å². The van der Waals surface area contributed by atoms with E-state index in [0.717, 1.165) is 6.07 Å². The van der Waals surface area contributed by atoms with E-state index < -0.39 is 17.2 Å². The van der Waals surface area contributed by atoms with Crippen molar-refractivity contribution in [3.8, 4) is 5.75 Å². The van der Waals surface area contributed by atoms with E-state index in [1.165, 1.54) is 23.9 Å². The molecule has 24 heavy (non-hydrogen) atoms. The molecule has 0 saturated carbocycles. The van der Waals surface area contributed by atoms with Gasteiger partial charge in [0, 0.05) is 18.8 Å². The number of ether oxygens (including phenoxy) is 1. The lowest BCUT2D eigenvalue weighted by Gasteiger charge is -2.09. The van der Waals surface area contributed by atoms with Gasteiger partial charge in [-0.3, -0.25) is 14.3 Å². The van der Waals surface area contributed by atoms with Crippen LogP contribution in [0.1, 0.15) is 10.5 Å². The number of carbonyl (C=O) groups excluding carboxylic acids is 1. The molecule has 0 fully saturated rings. The van der Waals surface area contributed by atoms with Crippen molar-refractivity contribution in [3.05, 3.63) is 64.2 Å². The first-order valence-corrected chi connectivity index (χ1v) is 7.11. The quantitative estimate of drug-likeness (QED) is 0.801. The Labute approximate surface area is 136 Å². The Balaban J connectivity index is 2.03. The Hall–Kier alpha value is -3.22. The summed E-state index contributed by atoms with van der Waals surface area (Å²) in [6.07, 6.45) is 0. The van der Waals surface area contributed by atoms with Gasteiger partial charge in [0.05, 0.1) is 18.0 Å². The third-order valence-electron chi connectivity index (χ3n) is 3.56. The molecule has 2 aromatic carbocycles. The summed E-state index contributed by atoms with van der Waals surface area (Å²) >= 11 is 0. The molecule has 0 radical (unpaired) electrons. The van der Waals surface area contributed by atoms with E-state index in [-0.39, 0.29) is 11.1 Å². The highest BCUT2D eigenvalue weighted by molar-refractivity contribution is 6.04. The van der Waals surface area contributed by atoms with Crippen LogP contribution in [0.25, 0.3) is 10.9 Å². The minimum Gasteiger partial charge on any atom is -0.497 e. The molecule has 0 saturated heterocycles. The normalized spacial score (nSPS) is 10.6. The molecule has 0 atom stereocenters. The average molecular weight is 327 g/mol. The van der Waals surface area contributed by atoms with Gasteiger partial charge in [0.15, 0.2) is 5.69 Å². The molecule has 0 aliphatic carbocycles. The molecular formula is C17H14FN3O3. The number of benzene rings is 2. The van der Waals surface area contributed by atoms with Crippen molar-refractivity contribution in [2.45, 2.75) is 0 Å². The third kappa shape index (κ3) is 2.83. The fourth-order valence-corrected chi connectivity index (χ4v) is 2.39. The lowest BCUT2D eigenvalue weighted by atomic mass is 10.2. The summed E-state index contributed by atoms with van der Waals surface area (Å²) in [5, 5.41) is 6.70. The Morgan fingerprint density at radius 1 is 1.25 bits per heavy atom. The summed E-state index contributed by atoms with van der Waals surface area (Å²) < 4.78 is 19.9. The highest BCUT2D eigenvalue weighted by atomic mass is 19.1. The molecule has 0 unspecified atom stereocenters. The van der Waals surface area contributed by atoms with Gasteiger partial charge in [-0.15, -0.1) is 0 Å². The van der Waals surface area contributed by atoms with E-state index in [4.69, 9.17) is 4.74 Å². The van der Waals surface area contributed by atoms with E-state index >= 15 is 0 Å². The first-order valence-electron chi connectivity index (χ1n) is 7.11. The minimum absolute atomic E-state index is 0.100. The van der Waals surface area contributed by atoms with Gasteiger partial charge in [-0.25, -0.2) is 4.39 Å². The van der Waals surface area contributed by atoms with Crippen LogP contribution in [-0.2, 0) is 7.05 Å². The fourth-order valence-electron chi connectivity index (χ4n) is 2.39. The predicted octanol–water partition coefficient (Wildman–Crippen LogP) is 2.33. The van der Waals surface area contributed by atoms with Gasteiger partial charge >= 0.3 is 0 Å². The third-order valence-corrected chi connectivity index (χ3v) is 3.56. The minimum atomic E-state index is -0.671. The van der Waals surface area contributed by atoms with E-state index in [1.807, 2.05) is 0 Å². The number of nitrogens with zero attached hydrogens (tertiary/aromatic N) is 2. The zero-order chi connectivity index (χ0) is 17.3. The van der Waals surface area contributed by atoms with Crippen molar-refractivity contribution in [1.29, 1.82) is 0 Å². The lowest BCUT2D eigenvalue weighted by Crippen LogP contribution is -2.26. The number of fused-ring (bicyclic) bond motifs is 1. The standard InChI is InChI=1S/C17H14FN3O3/c1-21-14-7-6-10(18)8-13(14)16(22)15(20-21)17(23)19-11-4-3-5-12(9-11)24-2/h3-9H,1-2H3,(H,19,23). The van der Waals surface area contributed by atoms with Crippen LogP contribution in [0.5, 0.6) is 5.75 Å². The SMILES string of the molecule is COc1cccc(NC(=O)c2nn(C)c3ccc(F)cc3c2=O)c1. The molecular weight excluding hydrogens is 313 g/mol. The van der Waals surface area contributed by atoms with Gasteiger partial charge < -0.3 is 10.1 Å². The lowest BCUT2D eigenvalue weighted by molar-refractivity contribution is 0.101. The topological polar surface area (TPSA) is 73.2 Å². The molecule has 1 N–H and O–H groups in total. The second-order valence-electron chi connectivity index (χ2n) is 5.15. The number of nitrogens with one attached hydrogen (secondary N) is 1. The van der Waals surface area contributed by atoms with Crippen molar-refractivity contribution < 1.29 is 13.9 Å². The van der Waals surface area contributed by atoms with Crippen LogP contribution in [0.2, 0.25) is 0 Å². The average Bonchev–Trinajstić information content (AvgIpc) is 2.58. The van der Waals surface area contributed by atoms with Gasteiger partial charge in [-0.05, 0) is 30.3 Å². The van der Waals surface area contributed by atoms with Crippen LogP contribution in [0.15, 0.2) is 47.3 Å². The largest absolute Gasteiger partial charge is 0.497 e. The van der Waals surface area contributed by atoms with Gasteiger partial charge in [0.25, 0.3) is 5.91 Å². The van der Waals surface area contributed by atoms with E-state index in [0.29, 0.717) is 17.0 Å². The molecule has 3 aromatic rings. The Bertz CT molecular complexity index is 998. The molecule has 0 bridgehead atoms. The molecule has 7 heteroatoms. The summed E-state index contributed by atoms with van der Waals surface area (Å²) in [6.45, 7) is 0. The maximum Gasteiger partial charge on any atom is 0.280 e. The van der Waals surface area contributed by atoms with Crippen molar-refractivity contribution in [2.24, 2.45) is 7.05 Å². The fraction of sp³-hybridized carbons (Fsp3) is 0.118. The van der Waals surface area contributed by atoms with E-state index in [1.54, 1.807) is 31.3 Å². The number of halogens is 1. The second kappa shape index (κ2) is 6.11. The molecule has 6 nitrogen and oxygen atoms in total. The second-order valence-corrected chi connectivity index (χ2v) is 5.15. The van der Waals surface area contributed by atoms with Gasteiger partial charge in [-0.1, -0.05) is 6.07 Å². The number of aromatic nitrogens is 2. The number of hydrogen-bond donors (Lipinski definition) is 1. The number of aryl methyl sites for hydroxylation is 1. The number of hydrogen-bond acceptors (Lipinski definition) is 4. The Kier molecular flexibility index (Phi) is 3.99. The summed E-state index contributed by atoms with van der Waals surface area (Å²) in [6, 6.07) is 10.5. The predicted molar refractivity (Wildman–Crippen MR) is 87.9 cm³/mol. The van der Waals surface area contributed by atoms with Gasteiger partial charge in [-0.2, -0.15) is 5.10 Å². The Morgan fingerprint density at radius 2 is 2.04 bits per heavy atom. The Morgan fingerprint density at radius 3 is 2.79 bits per heavy atom. The monoisotopic (exact) mass is 327 g/mol. The van der Waals surface area contributed by atoms with Gasteiger partial charge in [0.1, 0.15) is 11.6 Å². The van der Waals surface area contributed by atoms with Crippen molar-refractivity contribution in [1.82, 2.24) is 9.78 Å². The number of amides is 1. The number of rotatable bonds is 3. The highest BCUT2D eigenvalue weighted by Crippen LogP contribution is 2.17. The molecule has 0 aliphatic heterocycles. The smallest absolute Gasteiger partial charge is 0.280 e. The zero-order valence-electron chi connectivity index (χ0n) is 13.0. The maximum atomic E-state index is 13.4. The van der Waals surface area contributed by atoms with Crippen molar-refractivity contribution in [2.75, 3.05) is 12.4 Å². The van der Waals surface area contributed by atoms with Gasteiger partial charge in [0.2, 0.25) is 5.43 Å². The van der Waals surface area contributed by atoms with Crippen molar-refractivity contribution >= 4 is 22.5 Å². The number of methoxy groups -OCH3 is 1. The molecule has 0 spiro atoms. The number of carbonyl (C=O) groups is 1. The summed E-state index contributed by atoms with van der Waals surface area (Å²) in [5.74, 6) is -0.658.